The fourth-order valence-electron chi connectivity index (χ4n) is 2.64. The maximum Gasteiger partial charge on any atom is 2.00 e. The Labute approximate surface area is 201 Å². The topological polar surface area (TPSA) is 82.6 Å². The third kappa shape index (κ3) is 8.21. The van der Waals surface area contributed by atoms with Gasteiger partial charge in [0.15, 0.2) is 0 Å². The maximum absolute atomic E-state index is 8.38. The van der Waals surface area contributed by atoms with Crippen molar-refractivity contribution < 1.29 is 21.1 Å². The van der Waals surface area contributed by atoms with Gasteiger partial charge >= 0.3 is 21.1 Å². The predicted molar refractivity (Wildman–Crippen MR) is 129 cm³/mol. The van der Waals surface area contributed by atoms with Crippen LogP contribution in [0, 0.1) is 6.07 Å². The summed E-state index contributed by atoms with van der Waals surface area (Å²) >= 11 is 0. The van der Waals surface area contributed by atoms with Gasteiger partial charge in [0, 0.05) is 29.5 Å². The van der Waals surface area contributed by atoms with Crippen LogP contribution in [0.15, 0.2) is 116 Å². The molecule has 0 saturated heterocycles. The number of hydrogen-bond acceptors (Lipinski definition) is 1. The summed E-state index contributed by atoms with van der Waals surface area (Å²) in [5, 5.41) is 17.6. The Morgan fingerprint density at radius 3 is 1.97 bits per heavy atom. The smallest absolute Gasteiger partial charge is 0.862 e. The molecule has 32 heavy (non-hydrogen) atoms. The molecule has 0 radical (unpaired) electrons. The molecule has 6 heteroatoms. The fourth-order valence-corrected chi connectivity index (χ4v) is 2.64. The van der Waals surface area contributed by atoms with Gasteiger partial charge in [0.1, 0.15) is 0 Å². The Hall–Kier alpha value is -3.69. The van der Waals surface area contributed by atoms with Crippen LogP contribution < -0.4 is 0 Å². The van der Waals surface area contributed by atoms with Crippen LogP contribution >= 0.6 is 0 Å². The molecule has 0 spiro atoms. The monoisotopic (exact) mass is 589 g/mol. The van der Waals surface area contributed by atoms with Gasteiger partial charge < -0.3 is 15.4 Å². The number of aromatic nitrogens is 4. The Bertz CT molecular complexity index is 1110. The van der Waals surface area contributed by atoms with Crippen molar-refractivity contribution >= 4 is 28.0 Å². The molecule has 6 rings (SSSR count). The second kappa shape index (κ2) is 14.3. The number of nitrogens with one attached hydrogen (secondary N) is 3. The average Bonchev–Trinajstić information content (AvgIpc) is 3.63. The first-order chi connectivity index (χ1) is 15.4. The first kappa shape index (κ1) is 24.6. The van der Waals surface area contributed by atoms with E-state index in [-0.39, 0.29) is 21.1 Å². The van der Waals surface area contributed by atoms with Crippen molar-refractivity contribution in [2.24, 2.45) is 0 Å². The van der Waals surface area contributed by atoms with Crippen LogP contribution in [-0.4, -0.2) is 26.4 Å². The van der Waals surface area contributed by atoms with Crippen molar-refractivity contribution in [1.29, 1.82) is 0 Å². The summed E-state index contributed by atoms with van der Waals surface area (Å²) in [5.41, 5.74) is 3.02. The molecular weight excluding hydrogens is 566 g/mol. The maximum atomic E-state index is 8.38. The van der Waals surface area contributed by atoms with Gasteiger partial charge in [-0.2, -0.15) is 10.7 Å². The molecule has 0 amide bonds. The number of para-hydroxylation sites is 2. The number of hydrogen-bond donors (Lipinski definition) is 3. The Morgan fingerprint density at radius 2 is 1.41 bits per heavy atom. The van der Waals surface area contributed by atoms with Gasteiger partial charge in [0.2, 0.25) is 0 Å². The number of H-pyrrole nitrogens is 3. The van der Waals surface area contributed by atoms with Crippen LogP contribution in [0.3, 0.4) is 0 Å². The van der Waals surface area contributed by atoms with E-state index in [9.17, 15) is 0 Å². The molecule has 3 N–H and O–H groups in total. The average molecular weight is 589 g/mol. The molecule has 158 valence electrons. The third-order valence-electron chi connectivity index (χ3n) is 4.18. The molecule has 5 nitrogen and oxygen atoms in total. The first-order valence-electron chi connectivity index (χ1n) is 9.79. The Balaban J connectivity index is 0.000000153. The van der Waals surface area contributed by atoms with E-state index < -0.39 is 0 Å². The van der Waals surface area contributed by atoms with E-state index in [0.29, 0.717) is 5.56 Å². The molecule has 0 aliphatic carbocycles. The predicted octanol–water partition coefficient (Wildman–Crippen LogP) is 6.22. The molecule has 0 fully saturated rings. The van der Waals surface area contributed by atoms with Crippen molar-refractivity contribution in [3.05, 3.63) is 133 Å². The van der Waals surface area contributed by atoms with Crippen molar-refractivity contribution in [3.63, 3.8) is 0 Å². The van der Waals surface area contributed by atoms with Crippen LogP contribution in [0.2, 0.25) is 0 Å². The van der Waals surface area contributed by atoms with E-state index in [2.05, 4.69) is 44.4 Å². The minimum absolute atomic E-state index is 0. The van der Waals surface area contributed by atoms with Crippen molar-refractivity contribution in [1.82, 2.24) is 20.2 Å². The van der Waals surface area contributed by atoms with Gasteiger partial charge in [-0.3, -0.25) is 11.3 Å². The zero-order chi connectivity index (χ0) is 21.6. The summed E-state index contributed by atoms with van der Waals surface area (Å²) in [5.74, 6) is 0. The zero-order valence-corrected chi connectivity index (χ0v) is 20.3. The number of aromatic amines is 3. The molecule has 0 aliphatic heterocycles. The van der Waals surface area contributed by atoms with E-state index in [1.54, 1.807) is 12.1 Å². The Morgan fingerprint density at radius 1 is 0.719 bits per heavy atom. The summed E-state index contributed by atoms with van der Waals surface area (Å²) in [6.45, 7) is 0. The van der Waals surface area contributed by atoms with E-state index in [1.165, 1.54) is 10.9 Å². The minimum atomic E-state index is 0. The van der Waals surface area contributed by atoms with Crippen LogP contribution in [0.5, 0.6) is 0 Å². The summed E-state index contributed by atoms with van der Waals surface area (Å²) < 4.78 is 0. The molecule has 3 aromatic heterocycles. The molecular formula is C26H23N5W. The van der Waals surface area contributed by atoms with E-state index in [0.717, 1.165) is 17.1 Å². The zero-order valence-electron chi connectivity index (χ0n) is 17.3. The largest absolute Gasteiger partial charge is 2.00 e. The summed E-state index contributed by atoms with van der Waals surface area (Å²) in [6.07, 6.45) is 8.54. The standard InChI is InChI=1S/C8H7N.C7H6N2.C7H5N.C4H5N.W/c1-2-4-8-7(3-1)5-6-9-8;1-2-4-7-6(3-1)5-8-9-7;8-6-7-4-2-1-3-5-7;1-2-4-5-3-1;/h1-6,9H;1-5H,(H,8,9);1-4,6H;1-5H;/q;;-2;;+2. The van der Waals surface area contributed by atoms with Crippen molar-refractivity contribution in [3.8, 4) is 0 Å². The number of nitrogens with zero attached hydrogens (tertiary/aromatic N) is 2. The molecule has 0 aliphatic rings. The molecule has 0 unspecified atom stereocenters. The van der Waals surface area contributed by atoms with E-state index in [4.69, 9.17) is 5.41 Å². The van der Waals surface area contributed by atoms with Crippen LogP contribution in [0.1, 0.15) is 5.56 Å². The molecule has 0 bridgehead atoms. The van der Waals surface area contributed by atoms with Gasteiger partial charge in [0.05, 0.1) is 11.7 Å². The number of rotatable bonds is 1. The molecule has 3 aromatic carbocycles. The Kier molecular flexibility index (Phi) is 11.0. The van der Waals surface area contributed by atoms with Gasteiger partial charge in [-0.05, 0) is 35.7 Å². The van der Waals surface area contributed by atoms with Crippen molar-refractivity contribution in [2.75, 3.05) is 0 Å². The second-order valence-corrected chi connectivity index (χ2v) is 6.35. The fraction of sp³-hybridized carbons (Fsp3) is 0. The van der Waals surface area contributed by atoms with Crippen LogP contribution in [0.4, 0.5) is 0 Å². The number of benzene rings is 3. The number of fused-ring (bicyclic) bond motifs is 2. The molecule has 0 atom stereocenters. The quantitative estimate of drug-likeness (QED) is 0.155. The van der Waals surface area contributed by atoms with Gasteiger partial charge in [-0.1, -0.05) is 36.4 Å². The van der Waals surface area contributed by atoms with E-state index in [1.807, 2.05) is 85.5 Å². The normalized spacial score (nSPS) is 9.12. The van der Waals surface area contributed by atoms with Crippen LogP contribution in [-0.2, 0) is 21.1 Å². The molecule has 0 saturated carbocycles. The van der Waals surface area contributed by atoms with Crippen LogP contribution in [0.25, 0.3) is 27.2 Å². The summed E-state index contributed by atoms with van der Waals surface area (Å²) in [7, 11) is 0. The van der Waals surface area contributed by atoms with Crippen molar-refractivity contribution in [2.45, 2.75) is 0 Å². The summed E-state index contributed by atoms with van der Waals surface area (Å²) in [4.78, 5) is 5.98. The van der Waals surface area contributed by atoms with Gasteiger partial charge in [-0.25, -0.2) is 0 Å². The van der Waals surface area contributed by atoms with Gasteiger partial charge in [-0.15, -0.1) is 30.3 Å². The second-order valence-electron chi connectivity index (χ2n) is 6.35. The first-order valence-corrected chi connectivity index (χ1v) is 9.79. The third-order valence-corrected chi connectivity index (χ3v) is 4.18. The summed E-state index contributed by atoms with van der Waals surface area (Å²) in [6, 6.07) is 32.2. The molecule has 3 heterocycles. The SMILES string of the molecule is [N-]=Cc1[c-]cccc1.[W+2].c1cc[nH]c1.c1ccc2[nH]ccc2c1.c1ccc2[nH]ncc2c1. The van der Waals surface area contributed by atoms with E-state index >= 15 is 0 Å². The van der Waals surface area contributed by atoms with Gasteiger partial charge in [0.25, 0.3) is 0 Å². The minimum Gasteiger partial charge on any atom is -0.862 e. The molecule has 6 aromatic rings.